The molecule has 0 amide bonds. The van der Waals surface area contributed by atoms with Crippen LogP contribution in [-0.2, 0) is 37.5 Å². The average molecular weight is 536 g/mol. The lowest BCUT2D eigenvalue weighted by molar-refractivity contribution is -0.177. The van der Waals surface area contributed by atoms with Crippen LogP contribution in [0, 0.1) is 0 Å². The number of carbonyl (C=O) groups excluding carboxylic acids is 2. The lowest BCUT2D eigenvalue weighted by Crippen LogP contribution is -2.74. The molecule has 0 radical (unpaired) electrons. The number of aliphatic hydroxyl groups excluding tert-OH is 2. The number of ether oxygens (including phenoxy) is 3. The van der Waals surface area contributed by atoms with Gasteiger partial charge in [0.15, 0.2) is 6.10 Å². The fraction of sp³-hybridized carbons (Fsp3) is 0.467. The van der Waals surface area contributed by atoms with Gasteiger partial charge in [-0.25, -0.2) is 4.79 Å². The summed E-state index contributed by atoms with van der Waals surface area (Å²) in [6.07, 6.45) is -0.131. The second-order valence-electron chi connectivity index (χ2n) is 11.2. The predicted molar refractivity (Wildman–Crippen MR) is 139 cm³/mol. The summed E-state index contributed by atoms with van der Waals surface area (Å²) in [5.74, 6) is -0.717. The molecule has 1 saturated heterocycles. The second kappa shape index (κ2) is 9.45. The van der Waals surface area contributed by atoms with Gasteiger partial charge in [0.2, 0.25) is 6.10 Å². The molecular weight excluding hydrogens is 502 g/mol. The SMILES string of the molecule is C[C@@H](O)CC(=O)O[C@H](C(=O)OC1=CC[C@@]2(O)[C@H]3Cc4ccc(CO)c5c4C2(CCN3C)C1O5)c1ccccc1. The summed E-state index contributed by atoms with van der Waals surface area (Å²) < 4.78 is 18.0. The normalized spacial score (nSPS) is 29.9. The molecule has 1 fully saturated rings. The van der Waals surface area contributed by atoms with Crippen LogP contribution < -0.4 is 4.74 Å². The van der Waals surface area contributed by atoms with E-state index in [-0.39, 0.29) is 31.2 Å². The van der Waals surface area contributed by atoms with E-state index in [1.54, 1.807) is 36.4 Å². The van der Waals surface area contributed by atoms with E-state index in [2.05, 4.69) is 4.90 Å². The van der Waals surface area contributed by atoms with E-state index in [0.29, 0.717) is 29.7 Å². The highest BCUT2D eigenvalue weighted by Gasteiger charge is 2.72. The second-order valence-corrected chi connectivity index (χ2v) is 11.2. The summed E-state index contributed by atoms with van der Waals surface area (Å²) in [5.41, 5.74) is 1.01. The number of likely N-dealkylation sites (tertiary alicyclic amines) is 1. The van der Waals surface area contributed by atoms with Crippen molar-refractivity contribution in [2.75, 3.05) is 13.6 Å². The number of esters is 2. The first-order valence-corrected chi connectivity index (χ1v) is 13.4. The van der Waals surface area contributed by atoms with Crippen LogP contribution in [0.4, 0.5) is 0 Å². The molecule has 2 bridgehead atoms. The largest absolute Gasteiger partial charge is 0.481 e. The third kappa shape index (κ3) is 3.82. The van der Waals surface area contributed by atoms with Crippen LogP contribution in [-0.4, -0.2) is 69.6 Å². The van der Waals surface area contributed by atoms with Gasteiger partial charge in [0.05, 0.1) is 30.1 Å². The van der Waals surface area contributed by atoms with E-state index >= 15 is 0 Å². The minimum atomic E-state index is -1.35. The first-order valence-electron chi connectivity index (χ1n) is 13.4. The summed E-state index contributed by atoms with van der Waals surface area (Å²) in [6, 6.07) is 12.3. The van der Waals surface area contributed by atoms with E-state index in [4.69, 9.17) is 14.2 Å². The van der Waals surface area contributed by atoms with Crippen molar-refractivity contribution in [2.45, 2.75) is 74.6 Å². The summed E-state index contributed by atoms with van der Waals surface area (Å²) in [6.45, 7) is 1.97. The zero-order valence-corrected chi connectivity index (χ0v) is 22.0. The van der Waals surface area contributed by atoms with Gasteiger partial charge in [-0.05, 0) is 45.0 Å². The van der Waals surface area contributed by atoms with Gasteiger partial charge in [0.25, 0.3) is 0 Å². The Hall–Kier alpha value is -3.24. The molecule has 39 heavy (non-hydrogen) atoms. The minimum Gasteiger partial charge on any atom is -0.481 e. The van der Waals surface area contributed by atoms with Crippen LogP contribution >= 0.6 is 0 Å². The van der Waals surface area contributed by atoms with Gasteiger partial charge >= 0.3 is 11.9 Å². The summed E-state index contributed by atoms with van der Waals surface area (Å²) in [5, 5.41) is 32.0. The zero-order valence-electron chi connectivity index (χ0n) is 22.0. The number of hydrogen-bond donors (Lipinski definition) is 3. The van der Waals surface area contributed by atoms with E-state index in [1.165, 1.54) is 6.92 Å². The van der Waals surface area contributed by atoms with Gasteiger partial charge < -0.3 is 34.4 Å². The molecule has 206 valence electrons. The maximum absolute atomic E-state index is 13.6. The molecule has 0 saturated carbocycles. The van der Waals surface area contributed by atoms with Gasteiger partial charge in [-0.1, -0.05) is 42.5 Å². The fourth-order valence-electron chi connectivity index (χ4n) is 7.10. The number of hydrogen-bond acceptors (Lipinski definition) is 9. The quantitative estimate of drug-likeness (QED) is 0.457. The minimum absolute atomic E-state index is 0.150. The Kier molecular flexibility index (Phi) is 6.30. The van der Waals surface area contributed by atoms with Crippen molar-refractivity contribution in [2.24, 2.45) is 0 Å². The van der Waals surface area contributed by atoms with Crippen LogP contribution in [0.15, 0.2) is 54.3 Å². The zero-order chi connectivity index (χ0) is 27.5. The first kappa shape index (κ1) is 26.0. The van der Waals surface area contributed by atoms with Gasteiger partial charge in [0.1, 0.15) is 11.5 Å². The van der Waals surface area contributed by atoms with Gasteiger partial charge in [0, 0.05) is 29.2 Å². The molecule has 9 nitrogen and oxygen atoms in total. The molecule has 2 aromatic carbocycles. The van der Waals surface area contributed by atoms with E-state index in [9.17, 15) is 24.9 Å². The summed E-state index contributed by atoms with van der Waals surface area (Å²) in [7, 11) is 2.01. The fourth-order valence-corrected chi connectivity index (χ4v) is 7.10. The predicted octanol–water partition coefficient (Wildman–Crippen LogP) is 2.06. The topological polar surface area (TPSA) is 126 Å². The van der Waals surface area contributed by atoms with Crippen LogP contribution in [0.25, 0.3) is 0 Å². The number of carbonyl (C=O) groups is 2. The lowest BCUT2D eigenvalue weighted by atomic mass is 9.50. The lowest BCUT2D eigenvalue weighted by Gasteiger charge is -2.61. The highest BCUT2D eigenvalue weighted by molar-refractivity contribution is 5.82. The number of nitrogens with zero attached hydrogens (tertiary/aromatic N) is 1. The Morgan fingerprint density at radius 2 is 1.97 bits per heavy atom. The third-order valence-corrected chi connectivity index (χ3v) is 8.87. The van der Waals surface area contributed by atoms with Crippen molar-refractivity contribution >= 4 is 11.9 Å². The number of piperidine rings is 1. The Morgan fingerprint density at radius 1 is 1.21 bits per heavy atom. The van der Waals surface area contributed by atoms with E-state index < -0.39 is 41.3 Å². The molecule has 6 rings (SSSR count). The molecule has 0 aromatic heterocycles. The van der Waals surface area contributed by atoms with Crippen molar-refractivity contribution in [3.05, 3.63) is 76.6 Å². The van der Waals surface area contributed by atoms with Crippen molar-refractivity contribution in [1.82, 2.24) is 4.90 Å². The van der Waals surface area contributed by atoms with Crippen molar-refractivity contribution < 1.29 is 39.1 Å². The Labute approximate surface area is 226 Å². The smallest absolute Gasteiger partial charge is 0.357 e. The summed E-state index contributed by atoms with van der Waals surface area (Å²) >= 11 is 0. The first-order chi connectivity index (χ1) is 18.7. The highest BCUT2D eigenvalue weighted by atomic mass is 16.6. The molecule has 1 spiro atoms. The van der Waals surface area contributed by atoms with E-state index in [1.807, 2.05) is 19.2 Å². The van der Waals surface area contributed by atoms with Crippen LogP contribution in [0.2, 0.25) is 0 Å². The molecule has 3 N–H and O–H groups in total. The van der Waals surface area contributed by atoms with Crippen molar-refractivity contribution in [3.63, 3.8) is 0 Å². The molecular formula is C30H33NO8. The molecule has 2 unspecified atom stereocenters. The molecule has 2 heterocycles. The van der Waals surface area contributed by atoms with Gasteiger partial charge in [-0.15, -0.1) is 0 Å². The Bertz CT molecular complexity index is 1340. The molecule has 4 aliphatic rings. The average Bonchev–Trinajstić information content (AvgIpc) is 3.27. The maximum Gasteiger partial charge on any atom is 0.357 e. The van der Waals surface area contributed by atoms with Gasteiger partial charge in [-0.3, -0.25) is 4.79 Å². The number of aliphatic hydroxyl groups is 3. The molecule has 2 aromatic rings. The monoisotopic (exact) mass is 535 g/mol. The van der Waals surface area contributed by atoms with Gasteiger partial charge in [-0.2, -0.15) is 0 Å². The van der Waals surface area contributed by atoms with Crippen LogP contribution in [0.3, 0.4) is 0 Å². The van der Waals surface area contributed by atoms with Crippen LogP contribution in [0.5, 0.6) is 5.75 Å². The standard InChI is InChI=1S/C30H33NO8/c1-17(33)14-23(34)38-26(18-6-4-3-5-7-18)28(35)37-21-10-11-30(36)22-15-19-8-9-20(16-32)25-24(19)29(30,27(21)39-25)12-13-31(22)2/h3-10,17,22,26-27,32-33,36H,11-16H2,1-2H3/t17-,22-,26+,27?,29?,30-/m1/s1. The number of rotatable bonds is 7. The molecule has 9 heteroatoms. The molecule has 2 aliphatic carbocycles. The third-order valence-electron chi connectivity index (χ3n) is 8.87. The Balaban J connectivity index is 1.38. The Morgan fingerprint density at radius 3 is 2.69 bits per heavy atom. The van der Waals surface area contributed by atoms with Crippen molar-refractivity contribution in [3.8, 4) is 5.75 Å². The highest BCUT2D eigenvalue weighted by Crippen LogP contribution is 2.64. The molecule has 2 aliphatic heterocycles. The van der Waals surface area contributed by atoms with Crippen LogP contribution in [0.1, 0.15) is 54.5 Å². The van der Waals surface area contributed by atoms with E-state index in [0.717, 1.165) is 17.7 Å². The number of likely N-dealkylation sites (N-methyl/N-ethyl adjacent to an activating group) is 1. The number of benzene rings is 2. The maximum atomic E-state index is 13.6. The summed E-state index contributed by atoms with van der Waals surface area (Å²) in [4.78, 5) is 28.2. The molecule has 6 atom stereocenters. The van der Waals surface area contributed by atoms with Crippen molar-refractivity contribution in [1.29, 1.82) is 0 Å².